The van der Waals surface area contributed by atoms with Crippen LogP contribution in [-0.2, 0) is 35.9 Å². The van der Waals surface area contributed by atoms with Crippen LogP contribution in [0.25, 0.3) is 0 Å². The zero-order chi connectivity index (χ0) is 18.1. The summed E-state index contributed by atoms with van der Waals surface area (Å²) in [5, 5.41) is 0. The topological polar surface area (TPSA) is 9.23 Å². The van der Waals surface area contributed by atoms with E-state index in [1.165, 1.54) is 16.7 Å². The molecule has 132 valence electrons. The van der Waals surface area contributed by atoms with E-state index >= 15 is 0 Å². The van der Waals surface area contributed by atoms with Crippen LogP contribution in [0.2, 0.25) is 0 Å². The molecule has 0 atom stereocenters. The Labute approximate surface area is 162 Å². The van der Waals surface area contributed by atoms with Crippen molar-refractivity contribution in [3.05, 3.63) is 120 Å². The van der Waals surface area contributed by atoms with Crippen molar-refractivity contribution in [2.24, 2.45) is 0 Å². The summed E-state index contributed by atoms with van der Waals surface area (Å²) >= 11 is -3.03. The third-order valence-corrected chi connectivity index (χ3v) is 14.3. The molecule has 0 radical (unpaired) electrons. The summed E-state index contributed by atoms with van der Waals surface area (Å²) in [6.07, 6.45) is 1.90. The second-order valence-electron chi connectivity index (χ2n) is 6.77. The van der Waals surface area contributed by atoms with Crippen molar-refractivity contribution in [2.45, 2.75) is 12.4 Å². The quantitative estimate of drug-likeness (QED) is 0.393. The molecule has 0 fully saturated rings. The molecule has 0 aliphatic heterocycles. The summed E-state index contributed by atoms with van der Waals surface area (Å²) in [6, 6.07) is 32.4. The molecule has 1 nitrogen and oxygen atoms in total. The van der Waals surface area contributed by atoms with Crippen molar-refractivity contribution < 1.29 is 23.5 Å². The molecule has 0 saturated heterocycles. The summed E-state index contributed by atoms with van der Waals surface area (Å²) in [7, 11) is 0. The molecule has 0 spiro atoms. The van der Waals surface area contributed by atoms with E-state index in [1.807, 2.05) is 6.08 Å². The van der Waals surface area contributed by atoms with E-state index in [2.05, 4.69) is 97.6 Å². The van der Waals surface area contributed by atoms with Gasteiger partial charge in [-0.1, -0.05) is 0 Å². The van der Waals surface area contributed by atoms with Crippen molar-refractivity contribution in [1.29, 1.82) is 0 Å². The van der Waals surface area contributed by atoms with Gasteiger partial charge in [0.25, 0.3) is 0 Å². The van der Waals surface area contributed by atoms with Crippen LogP contribution >= 0.6 is 0 Å². The zero-order valence-electron chi connectivity index (χ0n) is 15.2. The normalized spacial score (nSPS) is 11.2. The minimum atomic E-state index is -3.03. The van der Waals surface area contributed by atoms with E-state index in [0.717, 1.165) is 12.4 Å². The van der Waals surface area contributed by atoms with Crippen LogP contribution in [0.15, 0.2) is 104 Å². The Morgan fingerprint density at radius 3 is 1.27 bits per heavy atom. The fraction of sp³-hybridized carbons (Fsp3) is 0.167. The van der Waals surface area contributed by atoms with E-state index in [9.17, 15) is 0 Å². The van der Waals surface area contributed by atoms with Crippen LogP contribution < -0.4 is 0 Å². The van der Waals surface area contributed by atoms with Gasteiger partial charge in [0.2, 0.25) is 0 Å². The van der Waals surface area contributed by atoms with Gasteiger partial charge in [-0.05, 0) is 0 Å². The Kier molecular flexibility index (Phi) is 7.17. The van der Waals surface area contributed by atoms with Crippen LogP contribution in [0.4, 0.5) is 0 Å². The molecule has 26 heavy (non-hydrogen) atoms. The molecule has 0 heterocycles. The summed E-state index contributed by atoms with van der Waals surface area (Å²) in [6.45, 7) is 4.53. The van der Waals surface area contributed by atoms with E-state index in [1.54, 1.807) is 0 Å². The Morgan fingerprint density at radius 2 is 0.962 bits per heavy atom. The Hall–Kier alpha value is -1.76. The van der Waals surface area contributed by atoms with Crippen molar-refractivity contribution in [3.63, 3.8) is 0 Å². The van der Waals surface area contributed by atoms with Gasteiger partial charge in [0, 0.05) is 0 Å². The fourth-order valence-corrected chi connectivity index (χ4v) is 13.5. The van der Waals surface area contributed by atoms with Gasteiger partial charge >= 0.3 is 163 Å². The monoisotopic (exact) mass is 420 g/mol. The Bertz CT molecular complexity index is 683. The first-order valence-electron chi connectivity index (χ1n) is 9.16. The van der Waals surface area contributed by atoms with Gasteiger partial charge in [-0.15, -0.1) is 0 Å². The van der Waals surface area contributed by atoms with E-state index in [-0.39, 0.29) is 0 Å². The standard InChI is InChI=1S/3C7H7.C3H5O.Zr/c3*1-7-5-3-2-4-6-7;1-2-3-4;/h3*2-6H,1H2;2H,1,3H2;/q;;;-1;+1. The summed E-state index contributed by atoms with van der Waals surface area (Å²) in [5.74, 6) is 0. The predicted octanol–water partition coefficient (Wildman–Crippen LogP) is 5.86. The van der Waals surface area contributed by atoms with Gasteiger partial charge in [0.05, 0.1) is 0 Å². The Balaban J connectivity index is 1.95. The molecule has 3 aromatic carbocycles. The van der Waals surface area contributed by atoms with Gasteiger partial charge in [-0.3, -0.25) is 0 Å². The molecule has 0 aliphatic rings. The van der Waals surface area contributed by atoms with Crippen LogP contribution in [0.5, 0.6) is 0 Å². The van der Waals surface area contributed by atoms with Crippen LogP contribution in [0, 0.1) is 0 Å². The van der Waals surface area contributed by atoms with E-state index < -0.39 is 20.7 Å². The van der Waals surface area contributed by atoms with Crippen molar-refractivity contribution in [1.82, 2.24) is 0 Å². The summed E-state index contributed by atoms with van der Waals surface area (Å²) < 4.78 is 9.91. The van der Waals surface area contributed by atoms with E-state index in [4.69, 9.17) is 2.81 Å². The molecule has 0 amide bonds. The number of rotatable bonds is 9. The molecule has 3 aromatic rings. The number of hydrogen-bond acceptors (Lipinski definition) is 1. The number of hydrogen-bond donors (Lipinski definition) is 0. The maximum absolute atomic E-state index is 6.68. The molecular formula is C24H26OZr. The maximum atomic E-state index is 6.68. The molecule has 0 N–H and O–H groups in total. The van der Waals surface area contributed by atoms with Crippen LogP contribution in [0.1, 0.15) is 16.7 Å². The van der Waals surface area contributed by atoms with Gasteiger partial charge < -0.3 is 0 Å². The molecule has 0 aromatic heterocycles. The van der Waals surface area contributed by atoms with Crippen molar-refractivity contribution in [3.8, 4) is 0 Å². The molecule has 0 saturated carbocycles. The van der Waals surface area contributed by atoms with Gasteiger partial charge in [0.1, 0.15) is 0 Å². The average Bonchev–Trinajstić information content (AvgIpc) is 2.69. The number of benzene rings is 3. The van der Waals surface area contributed by atoms with Gasteiger partial charge in [-0.2, -0.15) is 0 Å². The van der Waals surface area contributed by atoms with Crippen molar-refractivity contribution in [2.75, 3.05) is 6.61 Å². The SMILES string of the molecule is C=CC[O][Zr]([CH2]c1ccccc1)([CH2]c1ccccc1)[CH2]c1ccccc1. The molecule has 0 unspecified atom stereocenters. The molecule has 0 bridgehead atoms. The first-order chi connectivity index (χ1) is 12.8. The second kappa shape index (κ2) is 9.81. The van der Waals surface area contributed by atoms with E-state index in [0.29, 0.717) is 6.61 Å². The Morgan fingerprint density at radius 1 is 0.615 bits per heavy atom. The molecule has 2 heteroatoms. The summed E-state index contributed by atoms with van der Waals surface area (Å²) in [4.78, 5) is 0. The third-order valence-electron chi connectivity index (χ3n) is 4.61. The van der Waals surface area contributed by atoms with Gasteiger partial charge in [0.15, 0.2) is 0 Å². The molecule has 0 aliphatic carbocycles. The fourth-order valence-electron chi connectivity index (χ4n) is 3.48. The minimum absolute atomic E-state index is 0.641. The summed E-state index contributed by atoms with van der Waals surface area (Å²) in [5.41, 5.74) is 4.16. The van der Waals surface area contributed by atoms with Crippen LogP contribution in [-0.4, -0.2) is 6.61 Å². The van der Waals surface area contributed by atoms with Gasteiger partial charge in [-0.25, -0.2) is 0 Å². The zero-order valence-corrected chi connectivity index (χ0v) is 17.6. The van der Waals surface area contributed by atoms with Crippen LogP contribution in [0.3, 0.4) is 0 Å². The third kappa shape index (κ3) is 5.62. The van der Waals surface area contributed by atoms with Crippen molar-refractivity contribution >= 4 is 0 Å². The first-order valence-corrected chi connectivity index (χ1v) is 15.4. The molecular weight excluding hydrogens is 395 g/mol. The average molecular weight is 422 g/mol. The first kappa shape index (κ1) is 19.0. The second-order valence-corrected chi connectivity index (χ2v) is 15.9. The molecule has 3 rings (SSSR count). The predicted molar refractivity (Wildman–Crippen MR) is 107 cm³/mol.